The van der Waals surface area contributed by atoms with E-state index >= 15 is 0 Å². The first kappa shape index (κ1) is 59.1. The second-order valence-electron chi connectivity index (χ2n) is 19.0. The number of Topliss-reactive ketones (excluding diaryl/α,β-unsaturated/α-hetero) is 1. The number of pyridine rings is 1. The van der Waals surface area contributed by atoms with E-state index in [2.05, 4.69) is 15.6 Å². The number of amides is 5. The second-order valence-corrected chi connectivity index (χ2v) is 20.0. The number of carbonyl (C=O) groups is 9. The zero-order chi connectivity index (χ0) is 59.2. The van der Waals surface area contributed by atoms with Gasteiger partial charge < -0.3 is 74.2 Å². The maximum absolute atomic E-state index is 13.4. The molecule has 0 saturated carbocycles. The number of nitrogens with zero attached hydrogens (tertiary/aromatic N) is 3. The van der Waals surface area contributed by atoms with Gasteiger partial charge in [-0.05, 0) is 59.7 Å². The van der Waals surface area contributed by atoms with E-state index in [1.807, 2.05) is 0 Å². The topological polar surface area (TPSA) is 363 Å². The molecule has 27 heteroatoms. The number of ether oxygens (including phenoxy) is 7. The molecule has 7 rings (SSSR count). The molecule has 2 aromatic carbocycles. The monoisotopic (exact) mass is 1150 g/mol. The van der Waals surface area contributed by atoms with Crippen molar-refractivity contribution in [1.29, 1.82) is 0 Å². The first-order valence-corrected chi connectivity index (χ1v) is 26.7. The number of hydrogen-bond acceptors (Lipinski definition) is 21. The van der Waals surface area contributed by atoms with Gasteiger partial charge in [-0.15, -0.1) is 11.3 Å². The molecule has 2 saturated heterocycles. The molecule has 2 aromatic heterocycles. The molecule has 0 bridgehead atoms. The number of methoxy groups -OCH3 is 2. The lowest BCUT2D eigenvalue weighted by molar-refractivity contribution is -0.271. The van der Waals surface area contributed by atoms with Gasteiger partial charge in [-0.3, -0.25) is 43.3 Å². The van der Waals surface area contributed by atoms with Crippen LogP contribution >= 0.6 is 11.3 Å². The Morgan fingerprint density at radius 1 is 0.778 bits per heavy atom. The van der Waals surface area contributed by atoms with E-state index in [4.69, 9.17) is 39.6 Å². The Kier molecular flexibility index (Phi) is 20.8. The van der Waals surface area contributed by atoms with E-state index in [0.717, 1.165) is 15.0 Å². The minimum absolute atomic E-state index is 0.0782. The van der Waals surface area contributed by atoms with Crippen LogP contribution in [0.4, 0.5) is 5.69 Å². The molecule has 4 aromatic rings. The van der Waals surface area contributed by atoms with Gasteiger partial charge in [0, 0.05) is 76.7 Å². The lowest BCUT2D eigenvalue weighted by Crippen LogP contribution is -2.61. The Hall–Kier alpha value is -7.98. The number of hydrogen-bond donors (Lipinski definition) is 7. The van der Waals surface area contributed by atoms with Crippen LogP contribution in [0.15, 0.2) is 42.5 Å². The van der Waals surface area contributed by atoms with E-state index in [1.54, 1.807) is 24.3 Å². The predicted molar refractivity (Wildman–Crippen MR) is 281 cm³/mol. The van der Waals surface area contributed by atoms with Crippen molar-refractivity contribution in [2.45, 2.75) is 127 Å². The summed E-state index contributed by atoms with van der Waals surface area (Å²) in [6.45, 7) is 0.420. The third kappa shape index (κ3) is 16.3. The molecule has 5 amide bonds. The number of likely N-dealkylation sites (tertiary alicyclic amines) is 1. The van der Waals surface area contributed by atoms with Crippen LogP contribution in [0, 0.1) is 0 Å². The molecular weight excluding hydrogens is 1090 g/mol. The van der Waals surface area contributed by atoms with Crippen LogP contribution in [0.1, 0.15) is 105 Å². The van der Waals surface area contributed by atoms with E-state index < -0.39 is 72.7 Å². The number of carboxylic acid groups (broad SMARTS) is 2. The summed E-state index contributed by atoms with van der Waals surface area (Å²) >= 11 is 1.24. The average molecular weight is 1150 g/mol. The Balaban J connectivity index is 0.872. The fraction of sp³-hybridized carbons (Fsp3) is 0.481. The zero-order valence-corrected chi connectivity index (χ0v) is 45.1. The van der Waals surface area contributed by atoms with Crippen LogP contribution in [-0.2, 0) is 67.5 Å². The van der Waals surface area contributed by atoms with Crippen LogP contribution in [0.5, 0.6) is 28.9 Å². The molecule has 7 N–H and O–H groups in total. The Morgan fingerprint density at radius 2 is 1.56 bits per heavy atom. The number of aliphatic hydroxyl groups excluding tert-OH is 3. The van der Waals surface area contributed by atoms with E-state index in [-0.39, 0.29) is 126 Å². The largest absolute Gasteiger partial charge is 0.493 e. The quantitative estimate of drug-likeness (QED) is 0.0171. The Bertz CT molecular complexity index is 3050. The maximum Gasteiger partial charge on any atom is 0.335 e. The Labute approximate surface area is 468 Å². The number of anilines is 1. The first-order valence-electron chi connectivity index (χ1n) is 26.5. The Morgan fingerprint density at radius 3 is 2.28 bits per heavy atom. The van der Waals surface area contributed by atoms with Crippen molar-refractivity contribution in [3.05, 3.63) is 64.2 Å². The lowest BCUT2D eigenvalue weighted by Gasteiger charge is -2.38. The van der Waals surface area contributed by atoms with Crippen molar-refractivity contribution < 1.29 is 103 Å². The fourth-order valence-electron chi connectivity index (χ4n) is 8.75. The number of rotatable bonds is 30. The van der Waals surface area contributed by atoms with Crippen molar-refractivity contribution in [3.8, 4) is 28.9 Å². The maximum atomic E-state index is 13.4. The number of nitrogens with one attached hydrogen (secondary N) is 2. The summed E-state index contributed by atoms with van der Waals surface area (Å²) in [4.78, 5) is 119. The smallest absolute Gasteiger partial charge is 0.335 e. The standard InChI is InChI=1S/C54H63N5O21S/c1-74-36-25-39-30(24-40(81-39)34(60)9-14-46(66)67)22-37(36)76-19-6-20-77-52-38(75-2)23-31-26-58(27-33(31)57-52)43(63)13-15-47(68)78-28-29-8-10-35(79-54-50(71)48(69)49(70)51(80-54)53(72)73)32(21-29)56-42(62)16-17-55-41(61)7-4-3-5-18-59-44(64)11-12-45(59)65/h8,10,21-25,48-51,54,69-71H,3-7,9,11-20,26-28H2,1-2H3,(H,55,61)(H,56,62)(H,66,67)(H,72,73)/t48-,49-,50+,51-,54+/m0/s1/i11T/t11?,48-,49-,50+,51-,54+. The van der Waals surface area contributed by atoms with Crippen molar-refractivity contribution >= 4 is 80.3 Å². The van der Waals surface area contributed by atoms with Gasteiger partial charge in [-0.2, -0.15) is 0 Å². The summed E-state index contributed by atoms with van der Waals surface area (Å²) in [6.07, 6.45) is -10.2. The van der Waals surface area contributed by atoms with Gasteiger partial charge >= 0.3 is 17.9 Å². The van der Waals surface area contributed by atoms with E-state index in [1.165, 1.54) is 48.7 Å². The molecule has 81 heavy (non-hydrogen) atoms. The number of aromatic nitrogens is 1. The SMILES string of the molecule is [3H]C1CC(=O)N(CCCCCC(=O)NCCC(=O)Nc2cc(COC(=O)CCC(=O)N3Cc4cc(OC)c(OCCCOc5cc6cc(C(=O)CCC(=O)O)sc6cc5OC)nc4C3)ccc2O[C@@H]2O[C@H](C(=O)O)[C@@H](O)[C@H](O)[C@H]2O)C1=O. The van der Waals surface area contributed by atoms with Crippen molar-refractivity contribution in [3.63, 3.8) is 0 Å². The van der Waals surface area contributed by atoms with Crippen LogP contribution < -0.4 is 34.3 Å². The van der Waals surface area contributed by atoms with Crippen LogP contribution in [0.25, 0.3) is 10.1 Å². The molecular formula is C54H63N5O21S. The molecule has 0 spiro atoms. The number of unbranched alkanes of at least 4 members (excludes halogenated alkanes) is 2. The van der Waals surface area contributed by atoms with Gasteiger partial charge in [0.15, 0.2) is 29.1 Å². The number of thiophene rings is 1. The second kappa shape index (κ2) is 28.4. The lowest BCUT2D eigenvalue weighted by atomic mass is 9.99. The minimum atomic E-state index is -2.00. The molecule has 6 atom stereocenters. The molecule has 3 aliphatic rings. The molecule has 436 valence electrons. The molecule has 1 unspecified atom stereocenters. The number of carboxylic acids is 2. The fourth-order valence-corrected chi connectivity index (χ4v) is 9.79. The van der Waals surface area contributed by atoms with Gasteiger partial charge in [-0.25, -0.2) is 9.78 Å². The van der Waals surface area contributed by atoms with Crippen molar-refractivity contribution in [1.82, 2.24) is 20.1 Å². The normalized spacial score (nSPS) is 19.6. The summed E-state index contributed by atoms with van der Waals surface area (Å²) in [5.74, 6) is -4.76. The predicted octanol–water partition coefficient (Wildman–Crippen LogP) is 3.00. The van der Waals surface area contributed by atoms with Gasteiger partial charge in [0.25, 0.3) is 5.88 Å². The number of esters is 1. The molecule has 2 fully saturated rings. The molecule has 26 nitrogen and oxygen atoms in total. The number of aliphatic hydroxyl groups is 3. The van der Waals surface area contributed by atoms with Gasteiger partial charge in [0.05, 0.1) is 63.1 Å². The number of fused-ring (bicyclic) bond motifs is 2. The van der Waals surface area contributed by atoms with Crippen molar-refractivity contribution in [2.24, 2.45) is 0 Å². The number of aliphatic carboxylic acids is 2. The summed E-state index contributed by atoms with van der Waals surface area (Å²) in [6, 6.07) is 11.0. The highest BCUT2D eigenvalue weighted by Crippen LogP contribution is 2.38. The third-order valence-electron chi connectivity index (χ3n) is 13.1. The number of carbonyl (C=O) groups excluding carboxylic acids is 7. The molecule has 0 aliphatic carbocycles. The zero-order valence-electron chi connectivity index (χ0n) is 45.3. The minimum Gasteiger partial charge on any atom is -0.493 e. The third-order valence-corrected chi connectivity index (χ3v) is 14.3. The van der Waals surface area contributed by atoms with Crippen molar-refractivity contribution in [2.75, 3.05) is 45.8 Å². The van der Waals surface area contributed by atoms with Crippen LogP contribution in [-0.4, -0.2) is 165 Å². The van der Waals surface area contributed by atoms with E-state index in [9.17, 15) is 63.6 Å². The summed E-state index contributed by atoms with van der Waals surface area (Å²) in [5, 5.41) is 55.6. The number of ketones is 1. The average Bonchev–Trinajstić information content (AvgIpc) is 4.16. The van der Waals surface area contributed by atoms with Crippen LogP contribution in [0.3, 0.4) is 0 Å². The molecule has 0 radical (unpaired) electrons. The van der Waals surface area contributed by atoms with Crippen LogP contribution in [0.2, 0.25) is 0 Å². The highest BCUT2D eigenvalue weighted by Gasteiger charge is 2.48. The molecule has 3 aliphatic heterocycles. The molecule has 5 heterocycles. The summed E-state index contributed by atoms with van der Waals surface area (Å²) in [7, 11) is 2.95. The summed E-state index contributed by atoms with van der Waals surface area (Å²) < 4.78 is 47.8. The van der Waals surface area contributed by atoms with E-state index in [0.29, 0.717) is 64.6 Å². The van der Waals surface area contributed by atoms with Gasteiger partial charge in [-0.1, -0.05) is 12.5 Å². The number of imide groups is 1. The van der Waals surface area contributed by atoms with Gasteiger partial charge in [0.2, 0.25) is 35.8 Å². The highest BCUT2D eigenvalue weighted by molar-refractivity contribution is 7.20. The highest BCUT2D eigenvalue weighted by atomic mass is 32.1. The first-order chi connectivity index (χ1) is 39.2. The summed E-state index contributed by atoms with van der Waals surface area (Å²) in [5.41, 5.74) is 1.51. The van der Waals surface area contributed by atoms with Gasteiger partial charge in [0.1, 0.15) is 30.7 Å². The number of benzene rings is 2.